The van der Waals surface area contributed by atoms with E-state index in [0.29, 0.717) is 18.0 Å². The van der Waals surface area contributed by atoms with Gasteiger partial charge in [-0.05, 0) is 43.3 Å². The van der Waals surface area contributed by atoms with Crippen LogP contribution < -0.4 is 14.8 Å². The highest BCUT2D eigenvalue weighted by Crippen LogP contribution is 2.28. The van der Waals surface area contributed by atoms with Crippen LogP contribution in [0.15, 0.2) is 42.5 Å². The normalized spacial score (nSPS) is 10.0. The zero-order valence-corrected chi connectivity index (χ0v) is 11.9. The number of hydrogen-bond donors (Lipinski definition) is 2. The Kier molecular flexibility index (Phi) is 4.66. The minimum absolute atomic E-state index is 0.105. The van der Waals surface area contributed by atoms with Gasteiger partial charge < -0.3 is 19.9 Å². The van der Waals surface area contributed by atoms with Crippen molar-refractivity contribution in [3.8, 4) is 17.2 Å². The van der Waals surface area contributed by atoms with Crippen LogP contribution in [0.25, 0.3) is 0 Å². The van der Waals surface area contributed by atoms with Gasteiger partial charge in [0, 0.05) is 5.69 Å². The number of phenols is 1. The van der Waals surface area contributed by atoms with Crippen LogP contribution in [0.1, 0.15) is 17.3 Å². The topological polar surface area (TPSA) is 67.8 Å². The fourth-order valence-corrected chi connectivity index (χ4v) is 1.91. The zero-order chi connectivity index (χ0) is 15.2. The molecule has 0 aromatic heterocycles. The van der Waals surface area contributed by atoms with E-state index < -0.39 is 5.91 Å². The number of carbonyl (C=O) groups excluding carboxylic acids is 1. The van der Waals surface area contributed by atoms with E-state index in [1.54, 1.807) is 36.4 Å². The molecule has 0 spiro atoms. The largest absolute Gasteiger partial charge is 0.507 e. The van der Waals surface area contributed by atoms with Crippen LogP contribution in [0.3, 0.4) is 0 Å². The predicted molar refractivity (Wildman–Crippen MR) is 80.2 cm³/mol. The van der Waals surface area contributed by atoms with Gasteiger partial charge in [-0.2, -0.15) is 0 Å². The minimum Gasteiger partial charge on any atom is -0.507 e. The summed E-state index contributed by atoms with van der Waals surface area (Å²) in [7, 11) is 1.45. The second kappa shape index (κ2) is 6.65. The molecule has 2 N–H and O–H groups in total. The first-order valence-corrected chi connectivity index (χ1v) is 6.56. The van der Waals surface area contributed by atoms with Crippen molar-refractivity contribution in [2.45, 2.75) is 6.92 Å². The standard InChI is InChI=1S/C16H17NO4/c1-3-21-12-9-7-11(8-10-12)17-16(19)15-13(18)5-4-6-14(15)20-2/h4-10,18H,3H2,1-2H3,(H,17,19). The van der Waals surface area contributed by atoms with Crippen LogP contribution in [0.5, 0.6) is 17.2 Å². The Morgan fingerprint density at radius 2 is 1.90 bits per heavy atom. The lowest BCUT2D eigenvalue weighted by molar-refractivity contribution is 0.102. The summed E-state index contributed by atoms with van der Waals surface area (Å²) in [4.78, 5) is 12.2. The lowest BCUT2D eigenvalue weighted by atomic mass is 10.1. The Labute approximate surface area is 123 Å². The maximum Gasteiger partial charge on any atom is 0.263 e. The van der Waals surface area contributed by atoms with E-state index in [1.807, 2.05) is 6.92 Å². The van der Waals surface area contributed by atoms with Gasteiger partial charge in [0.1, 0.15) is 22.8 Å². The van der Waals surface area contributed by atoms with E-state index in [4.69, 9.17) is 9.47 Å². The van der Waals surface area contributed by atoms with Gasteiger partial charge in [0.25, 0.3) is 5.91 Å². The number of amides is 1. The number of methoxy groups -OCH3 is 1. The summed E-state index contributed by atoms with van der Waals surface area (Å²) in [6.45, 7) is 2.49. The Morgan fingerprint density at radius 3 is 2.52 bits per heavy atom. The van der Waals surface area contributed by atoms with Gasteiger partial charge in [0.15, 0.2) is 0 Å². The van der Waals surface area contributed by atoms with Crippen LogP contribution in [-0.2, 0) is 0 Å². The number of nitrogens with one attached hydrogen (secondary N) is 1. The lowest BCUT2D eigenvalue weighted by Crippen LogP contribution is -2.13. The monoisotopic (exact) mass is 287 g/mol. The van der Waals surface area contributed by atoms with Gasteiger partial charge in [-0.3, -0.25) is 4.79 Å². The average molecular weight is 287 g/mol. The third-order valence-electron chi connectivity index (χ3n) is 2.87. The summed E-state index contributed by atoms with van der Waals surface area (Å²) in [5.74, 6) is 0.487. The molecule has 2 aromatic rings. The van der Waals surface area contributed by atoms with Gasteiger partial charge in [-0.1, -0.05) is 6.07 Å². The predicted octanol–water partition coefficient (Wildman–Crippen LogP) is 3.05. The number of hydrogen-bond acceptors (Lipinski definition) is 4. The Balaban J connectivity index is 2.18. The van der Waals surface area contributed by atoms with Crippen molar-refractivity contribution in [2.75, 3.05) is 19.0 Å². The summed E-state index contributed by atoms with van der Waals surface area (Å²) >= 11 is 0. The van der Waals surface area contributed by atoms with E-state index in [9.17, 15) is 9.90 Å². The van der Waals surface area contributed by atoms with Gasteiger partial charge in [-0.25, -0.2) is 0 Å². The Hall–Kier alpha value is -2.69. The smallest absolute Gasteiger partial charge is 0.263 e. The first kappa shape index (κ1) is 14.7. The van der Waals surface area contributed by atoms with Crippen molar-refractivity contribution < 1.29 is 19.4 Å². The molecule has 0 aliphatic rings. The van der Waals surface area contributed by atoms with Gasteiger partial charge in [0.2, 0.25) is 0 Å². The fraction of sp³-hybridized carbons (Fsp3) is 0.188. The molecule has 0 bridgehead atoms. The molecule has 2 rings (SSSR count). The highest BCUT2D eigenvalue weighted by molar-refractivity contribution is 6.08. The van der Waals surface area contributed by atoms with Gasteiger partial charge in [-0.15, -0.1) is 0 Å². The molecular weight excluding hydrogens is 270 g/mol. The van der Waals surface area contributed by atoms with Crippen LogP contribution in [0.4, 0.5) is 5.69 Å². The molecule has 0 saturated carbocycles. The summed E-state index contributed by atoms with van der Waals surface area (Å²) < 4.78 is 10.4. The molecule has 21 heavy (non-hydrogen) atoms. The molecule has 0 aliphatic heterocycles. The first-order chi connectivity index (χ1) is 10.2. The first-order valence-electron chi connectivity index (χ1n) is 6.56. The minimum atomic E-state index is -0.436. The van der Waals surface area contributed by atoms with E-state index in [-0.39, 0.29) is 11.3 Å². The molecule has 0 saturated heterocycles. The van der Waals surface area contributed by atoms with Crippen molar-refractivity contribution in [2.24, 2.45) is 0 Å². The molecule has 2 aromatic carbocycles. The van der Waals surface area contributed by atoms with Crippen molar-refractivity contribution in [1.29, 1.82) is 0 Å². The highest BCUT2D eigenvalue weighted by Gasteiger charge is 2.17. The van der Waals surface area contributed by atoms with E-state index in [2.05, 4.69) is 5.32 Å². The second-order valence-electron chi connectivity index (χ2n) is 4.27. The van der Waals surface area contributed by atoms with Crippen molar-refractivity contribution in [1.82, 2.24) is 0 Å². The molecule has 0 radical (unpaired) electrons. The summed E-state index contributed by atoms with van der Waals surface area (Å²) in [6.07, 6.45) is 0. The van der Waals surface area contributed by atoms with Crippen LogP contribution in [-0.4, -0.2) is 24.7 Å². The SMILES string of the molecule is CCOc1ccc(NC(=O)c2c(O)cccc2OC)cc1. The lowest BCUT2D eigenvalue weighted by Gasteiger charge is -2.11. The van der Waals surface area contributed by atoms with Crippen LogP contribution in [0, 0.1) is 0 Å². The number of carbonyl (C=O) groups is 1. The zero-order valence-electron chi connectivity index (χ0n) is 11.9. The molecule has 0 atom stereocenters. The summed E-state index contributed by atoms with van der Waals surface area (Å²) in [5.41, 5.74) is 0.711. The molecule has 0 aliphatic carbocycles. The molecular formula is C16H17NO4. The van der Waals surface area contributed by atoms with E-state index in [0.717, 1.165) is 5.75 Å². The van der Waals surface area contributed by atoms with Crippen LogP contribution >= 0.6 is 0 Å². The number of benzene rings is 2. The fourth-order valence-electron chi connectivity index (χ4n) is 1.91. The molecule has 5 nitrogen and oxygen atoms in total. The Morgan fingerprint density at radius 1 is 1.19 bits per heavy atom. The van der Waals surface area contributed by atoms with E-state index in [1.165, 1.54) is 13.2 Å². The third kappa shape index (κ3) is 3.45. The number of anilines is 1. The molecule has 0 heterocycles. The molecule has 0 unspecified atom stereocenters. The average Bonchev–Trinajstić information content (AvgIpc) is 2.49. The summed E-state index contributed by atoms with van der Waals surface area (Å²) in [5, 5.41) is 12.5. The van der Waals surface area contributed by atoms with Crippen molar-refractivity contribution in [3.63, 3.8) is 0 Å². The quantitative estimate of drug-likeness (QED) is 0.887. The third-order valence-corrected chi connectivity index (χ3v) is 2.87. The second-order valence-corrected chi connectivity index (χ2v) is 4.27. The van der Waals surface area contributed by atoms with Crippen molar-refractivity contribution in [3.05, 3.63) is 48.0 Å². The maximum atomic E-state index is 12.2. The molecule has 0 fully saturated rings. The number of rotatable bonds is 5. The molecule has 5 heteroatoms. The van der Waals surface area contributed by atoms with Gasteiger partial charge >= 0.3 is 0 Å². The van der Waals surface area contributed by atoms with E-state index >= 15 is 0 Å². The highest BCUT2D eigenvalue weighted by atomic mass is 16.5. The van der Waals surface area contributed by atoms with Crippen molar-refractivity contribution >= 4 is 11.6 Å². The van der Waals surface area contributed by atoms with Gasteiger partial charge in [0.05, 0.1) is 13.7 Å². The van der Waals surface area contributed by atoms with Crippen LogP contribution in [0.2, 0.25) is 0 Å². The molecule has 1 amide bonds. The number of phenolic OH excluding ortho intramolecular Hbond substituents is 1. The number of aromatic hydroxyl groups is 1. The number of ether oxygens (including phenoxy) is 2. The maximum absolute atomic E-state index is 12.2. The summed E-state index contributed by atoms with van der Waals surface area (Å²) in [6, 6.07) is 11.7. The Bertz CT molecular complexity index is 623. The molecule has 110 valence electrons.